The van der Waals surface area contributed by atoms with Crippen molar-refractivity contribution in [1.82, 2.24) is 4.72 Å². The van der Waals surface area contributed by atoms with Crippen LogP contribution in [0.1, 0.15) is 5.56 Å². The second kappa shape index (κ2) is 7.00. The van der Waals surface area contributed by atoms with Crippen LogP contribution >= 0.6 is 11.6 Å². The molecule has 2 rings (SSSR count). The second-order valence-electron chi connectivity index (χ2n) is 4.45. The number of sulfonamides is 1. The van der Waals surface area contributed by atoms with E-state index in [9.17, 15) is 8.42 Å². The molecule has 0 saturated carbocycles. The molecule has 2 aromatic rings. The zero-order chi connectivity index (χ0) is 16.2. The van der Waals surface area contributed by atoms with Gasteiger partial charge in [-0.15, -0.1) is 0 Å². The number of hydrogen-bond donors (Lipinski definition) is 1. The minimum absolute atomic E-state index is 0.0211. The Balaban J connectivity index is 2.32. The Hall–Kier alpha value is -1.76. The molecule has 0 aliphatic carbocycles. The second-order valence-corrected chi connectivity index (χ2v) is 6.59. The molecule has 0 aliphatic heterocycles. The lowest BCUT2D eigenvalue weighted by Crippen LogP contribution is -2.23. The molecule has 118 valence electrons. The van der Waals surface area contributed by atoms with Gasteiger partial charge in [-0.25, -0.2) is 13.1 Å². The summed E-state index contributed by atoms with van der Waals surface area (Å²) in [6.45, 7) is 0.178. The number of hydrogen-bond acceptors (Lipinski definition) is 4. The number of nitrogens with one attached hydrogen (secondary N) is 1. The summed E-state index contributed by atoms with van der Waals surface area (Å²) in [6.07, 6.45) is 0. The normalized spacial score (nSPS) is 11.2. The van der Waals surface area contributed by atoms with Crippen LogP contribution in [0, 0.1) is 0 Å². The van der Waals surface area contributed by atoms with Crippen molar-refractivity contribution in [2.45, 2.75) is 11.4 Å². The van der Waals surface area contributed by atoms with Crippen molar-refractivity contribution in [2.75, 3.05) is 14.2 Å². The zero-order valence-corrected chi connectivity index (χ0v) is 13.7. The molecule has 2 aromatic carbocycles. The van der Waals surface area contributed by atoms with Gasteiger partial charge in [-0.3, -0.25) is 0 Å². The fourth-order valence-corrected chi connectivity index (χ4v) is 3.31. The summed E-state index contributed by atoms with van der Waals surface area (Å²) in [4.78, 5) is -0.0211. The number of ether oxygens (including phenoxy) is 2. The first-order chi connectivity index (χ1) is 10.5. The number of benzene rings is 2. The van der Waals surface area contributed by atoms with Crippen molar-refractivity contribution in [1.29, 1.82) is 0 Å². The van der Waals surface area contributed by atoms with Crippen LogP contribution in [0.4, 0.5) is 0 Å². The maximum Gasteiger partial charge on any atom is 0.244 e. The summed E-state index contributed by atoms with van der Waals surface area (Å²) in [7, 11) is -0.963. The molecular formula is C15H16ClNO4S. The molecule has 0 aliphatic rings. The van der Waals surface area contributed by atoms with Crippen LogP contribution in [0.5, 0.6) is 11.5 Å². The lowest BCUT2D eigenvalue weighted by molar-refractivity contribution is 0.392. The van der Waals surface area contributed by atoms with E-state index in [2.05, 4.69) is 4.72 Å². The molecule has 22 heavy (non-hydrogen) atoms. The van der Waals surface area contributed by atoms with Gasteiger partial charge in [-0.05, 0) is 5.56 Å². The lowest BCUT2D eigenvalue weighted by Gasteiger charge is -2.13. The van der Waals surface area contributed by atoms with Gasteiger partial charge in [0.25, 0.3) is 0 Å². The average molecular weight is 342 g/mol. The third-order valence-electron chi connectivity index (χ3n) is 3.04. The van der Waals surface area contributed by atoms with Crippen molar-refractivity contribution in [3.05, 3.63) is 53.1 Å². The molecule has 0 atom stereocenters. The maximum absolute atomic E-state index is 12.5. The minimum Gasteiger partial charge on any atom is -0.495 e. The lowest BCUT2D eigenvalue weighted by atomic mass is 10.2. The van der Waals surface area contributed by atoms with E-state index in [1.807, 2.05) is 30.3 Å². The fourth-order valence-electron chi connectivity index (χ4n) is 1.89. The Bertz CT molecular complexity index is 748. The van der Waals surface area contributed by atoms with Crippen LogP contribution in [-0.4, -0.2) is 22.6 Å². The highest BCUT2D eigenvalue weighted by molar-refractivity contribution is 7.89. The van der Waals surface area contributed by atoms with Gasteiger partial charge < -0.3 is 9.47 Å². The molecule has 0 bridgehead atoms. The summed E-state index contributed by atoms with van der Waals surface area (Å²) >= 11 is 5.98. The Morgan fingerprint density at radius 1 is 1.05 bits per heavy atom. The van der Waals surface area contributed by atoms with Gasteiger partial charge in [0.15, 0.2) is 0 Å². The van der Waals surface area contributed by atoms with Crippen molar-refractivity contribution in [3.8, 4) is 11.5 Å². The standard InChI is InChI=1S/C15H16ClNO4S/c1-20-13-9-15(14(21-2)8-12(13)16)22(18,19)17-10-11-6-4-3-5-7-11/h3-9,17H,10H2,1-2H3. The molecule has 7 heteroatoms. The SMILES string of the molecule is COc1cc(S(=O)(=O)NCc2ccccc2)c(OC)cc1Cl. The van der Waals surface area contributed by atoms with Gasteiger partial charge in [0.1, 0.15) is 16.4 Å². The van der Waals surface area contributed by atoms with Crippen LogP contribution in [0.15, 0.2) is 47.4 Å². The Kier molecular flexibility index (Phi) is 5.28. The summed E-state index contributed by atoms with van der Waals surface area (Å²) in [5.41, 5.74) is 0.853. The van der Waals surface area contributed by atoms with Crippen LogP contribution in [0.3, 0.4) is 0 Å². The maximum atomic E-state index is 12.5. The Morgan fingerprint density at radius 3 is 2.27 bits per heavy atom. The molecule has 5 nitrogen and oxygen atoms in total. The van der Waals surface area contributed by atoms with Gasteiger partial charge in [-0.1, -0.05) is 41.9 Å². The van der Waals surface area contributed by atoms with Gasteiger partial charge in [0.05, 0.1) is 19.2 Å². The first-order valence-corrected chi connectivity index (χ1v) is 8.29. The molecular weight excluding hydrogens is 326 g/mol. The number of halogens is 1. The largest absolute Gasteiger partial charge is 0.495 e. The average Bonchev–Trinajstić information content (AvgIpc) is 2.53. The highest BCUT2D eigenvalue weighted by Gasteiger charge is 2.22. The first-order valence-electron chi connectivity index (χ1n) is 6.43. The third kappa shape index (κ3) is 3.71. The summed E-state index contributed by atoms with van der Waals surface area (Å²) < 4.78 is 37.6. The van der Waals surface area contributed by atoms with Crippen molar-refractivity contribution >= 4 is 21.6 Å². The fraction of sp³-hybridized carbons (Fsp3) is 0.200. The first kappa shape index (κ1) is 16.6. The molecule has 0 spiro atoms. The van der Waals surface area contributed by atoms with Crippen LogP contribution < -0.4 is 14.2 Å². The molecule has 0 radical (unpaired) electrons. The van der Waals surface area contributed by atoms with E-state index in [1.54, 1.807) is 0 Å². The van der Waals surface area contributed by atoms with E-state index in [0.29, 0.717) is 0 Å². The third-order valence-corrected chi connectivity index (χ3v) is 4.75. The minimum atomic E-state index is -3.76. The summed E-state index contributed by atoms with van der Waals surface area (Å²) in [5.74, 6) is 0.425. The molecule has 0 saturated heterocycles. The predicted octanol–water partition coefficient (Wildman–Crippen LogP) is 2.84. The van der Waals surface area contributed by atoms with Crippen molar-refractivity contribution in [2.24, 2.45) is 0 Å². The predicted molar refractivity (Wildman–Crippen MR) is 85.0 cm³/mol. The van der Waals surface area contributed by atoms with Crippen LogP contribution in [0.25, 0.3) is 0 Å². The van der Waals surface area contributed by atoms with Crippen molar-refractivity contribution < 1.29 is 17.9 Å². The Labute approximate surface area is 134 Å². The van der Waals surface area contributed by atoms with Gasteiger partial charge in [-0.2, -0.15) is 0 Å². The molecule has 1 N–H and O–H groups in total. The topological polar surface area (TPSA) is 64.6 Å². The highest BCUT2D eigenvalue weighted by Crippen LogP contribution is 2.34. The summed E-state index contributed by atoms with van der Waals surface area (Å²) in [5, 5.41) is 0.279. The van der Waals surface area contributed by atoms with Gasteiger partial charge in [0.2, 0.25) is 10.0 Å². The smallest absolute Gasteiger partial charge is 0.244 e. The van der Waals surface area contributed by atoms with E-state index < -0.39 is 10.0 Å². The van der Waals surface area contributed by atoms with Crippen molar-refractivity contribution in [3.63, 3.8) is 0 Å². The molecule has 0 amide bonds. The summed E-state index contributed by atoms with van der Waals surface area (Å²) in [6, 6.07) is 12.0. The molecule has 0 unspecified atom stereocenters. The number of methoxy groups -OCH3 is 2. The molecule has 0 fully saturated rings. The Morgan fingerprint density at radius 2 is 1.68 bits per heavy atom. The molecule has 0 heterocycles. The van der Waals surface area contributed by atoms with E-state index in [1.165, 1.54) is 26.4 Å². The number of rotatable bonds is 6. The van der Waals surface area contributed by atoms with Crippen LogP contribution in [0.2, 0.25) is 5.02 Å². The van der Waals surface area contributed by atoms with Gasteiger partial charge >= 0.3 is 0 Å². The zero-order valence-electron chi connectivity index (χ0n) is 12.2. The van der Waals surface area contributed by atoms with E-state index in [-0.39, 0.29) is 28.0 Å². The molecule has 0 aromatic heterocycles. The van der Waals surface area contributed by atoms with Gasteiger partial charge in [0, 0.05) is 18.7 Å². The quantitative estimate of drug-likeness (QED) is 0.877. The van der Waals surface area contributed by atoms with E-state index >= 15 is 0 Å². The van der Waals surface area contributed by atoms with Crippen LogP contribution in [-0.2, 0) is 16.6 Å². The van der Waals surface area contributed by atoms with E-state index in [0.717, 1.165) is 5.56 Å². The monoisotopic (exact) mass is 341 g/mol. The highest BCUT2D eigenvalue weighted by atomic mass is 35.5. The van der Waals surface area contributed by atoms with E-state index in [4.69, 9.17) is 21.1 Å².